The number of rotatable bonds is 6. The van der Waals surface area contributed by atoms with Crippen molar-refractivity contribution in [2.24, 2.45) is 5.10 Å². The van der Waals surface area contributed by atoms with Gasteiger partial charge in [0.2, 0.25) is 0 Å². The van der Waals surface area contributed by atoms with Crippen LogP contribution in [0.3, 0.4) is 0 Å². The zero-order valence-electron chi connectivity index (χ0n) is 17.9. The first-order chi connectivity index (χ1) is 15.6. The van der Waals surface area contributed by atoms with Gasteiger partial charge in [-0.2, -0.15) is 9.78 Å². The van der Waals surface area contributed by atoms with Crippen molar-refractivity contribution in [2.45, 2.75) is 38.0 Å². The molecule has 0 aliphatic heterocycles. The number of ether oxygens (including phenoxy) is 2. The lowest BCUT2D eigenvalue weighted by atomic mass is 9.88. The quantitative estimate of drug-likeness (QED) is 0.353. The summed E-state index contributed by atoms with van der Waals surface area (Å²) in [6, 6.07) is 11.0. The second-order valence-corrected chi connectivity index (χ2v) is 8.65. The van der Waals surface area contributed by atoms with Gasteiger partial charge >= 0.3 is 0 Å². The Kier molecular flexibility index (Phi) is 6.91. The zero-order valence-corrected chi connectivity index (χ0v) is 19.5. The van der Waals surface area contributed by atoms with Gasteiger partial charge in [0.15, 0.2) is 11.5 Å². The molecule has 1 fully saturated rings. The van der Waals surface area contributed by atoms with Gasteiger partial charge < -0.3 is 9.47 Å². The number of aromatic nitrogens is 2. The smallest absolute Gasteiger partial charge is 0.282 e. The van der Waals surface area contributed by atoms with Crippen LogP contribution in [0.4, 0.5) is 0 Å². The Morgan fingerprint density at radius 1 is 1.22 bits per heavy atom. The predicted molar refractivity (Wildman–Crippen MR) is 130 cm³/mol. The second kappa shape index (κ2) is 10.0. The van der Waals surface area contributed by atoms with Crippen LogP contribution in [0.15, 0.2) is 50.8 Å². The summed E-state index contributed by atoms with van der Waals surface area (Å²) in [5.41, 5.74) is 1.29. The molecule has 0 unspecified atom stereocenters. The molecule has 0 atom stereocenters. The summed E-state index contributed by atoms with van der Waals surface area (Å²) >= 11 is 3.45. The molecule has 2 aromatic carbocycles. The third-order valence-corrected chi connectivity index (χ3v) is 6.12. The van der Waals surface area contributed by atoms with E-state index in [0.29, 0.717) is 22.4 Å². The number of halogens is 1. The van der Waals surface area contributed by atoms with Gasteiger partial charge in [-0.1, -0.05) is 41.1 Å². The molecule has 1 aromatic heterocycles. The number of benzene rings is 2. The van der Waals surface area contributed by atoms with E-state index in [4.69, 9.17) is 20.9 Å². The molecule has 0 bridgehead atoms. The summed E-state index contributed by atoms with van der Waals surface area (Å²) in [7, 11) is 1.57. The molecule has 1 heterocycles. The fourth-order valence-electron chi connectivity index (χ4n) is 4.03. The van der Waals surface area contributed by atoms with E-state index in [2.05, 4.69) is 27.0 Å². The molecular formula is C25H24BrN3O3. The maximum atomic E-state index is 13.4. The minimum atomic E-state index is -0.172. The molecule has 32 heavy (non-hydrogen) atoms. The molecule has 4 rings (SSSR count). The molecule has 1 saturated carbocycles. The van der Waals surface area contributed by atoms with Crippen LogP contribution in [0.5, 0.6) is 11.5 Å². The maximum Gasteiger partial charge on any atom is 0.282 e. The summed E-state index contributed by atoms with van der Waals surface area (Å²) in [6.07, 6.45) is 12.4. The fourth-order valence-corrected chi connectivity index (χ4v) is 4.39. The van der Waals surface area contributed by atoms with Crippen LogP contribution in [0.25, 0.3) is 10.9 Å². The van der Waals surface area contributed by atoms with Crippen molar-refractivity contribution in [2.75, 3.05) is 13.7 Å². The Bertz CT molecular complexity index is 1250. The number of fused-ring (bicyclic) bond motifs is 1. The second-order valence-electron chi connectivity index (χ2n) is 7.73. The van der Waals surface area contributed by atoms with Crippen molar-refractivity contribution in [3.05, 3.63) is 62.6 Å². The number of nitrogens with zero attached hydrogens (tertiary/aromatic N) is 3. The van der Waals surface area contributed by atoms with Crippen LogP contribution in [-0.4, -0.2) is 29.6 Å². The SMILES string of the molecule is C#CCOc1ccc(C=Nn2c(C3CCCCC3)nc3ccc(Br)cc3c2=O)cc1OC. The number of hydrogen-bond acceptors (Lipinski definition) is 5. The van der Waals surface area contributed by atoms with Gasteiger partial charge in [0.05, 0.1) is 24.2 Å². The topological polar surface area (TPSA) is 65.7 Å². The first-order valence-corrected chi connectivity index (χ1v) is 11.4. The standard InChI is InChI=1S/C25H24BrN3O3/c1-3-13-32-22-12-9-17(14-23(22)31-2)16-27-29-24(18-7-5-4-6-8-18)28-21-11-10-19(26)15-20(21)25(29)30/h1,9-12,14-16,18H,4-8,13H2,2H3. The van der Waals surface area contributed by atoms with Crippen LogP contribution in [0.1, 0.15) is 49.4 Å². The van der Waals surface area contributed by atoms with Gasteiger partial charge in [0, 0.05) is 10.4 Å². The Hall–Kier alpha value is -3.11. The third kappa shape index (κ3) is 4.71. The highest BCUT2D eigenvalue weighted by Crippen LogP contribution is 2.32. The van der Waals surface area contributed by atoms with Crippen LogP contribution < -0.4 is 15.0 Å². The van der Waals surface area contributed by atoms with Crippen LogP contribution in [0.2, 0.25) is 0 Å². The number of terminal acetylenes is 1. The summed E-state index contributed by atoms with van der Waals surface area (Å²) in [5, 5.41) is 5.10. The van der Waals surface area contributed by atoms with Crippen LogP contribution in [-0.2, 0) is 0 Å². The van der Waals surface area contributed by atoms with Crippen molar-refractivity contribution in [1.29, 1.82) is 0 Å². The monoisotopic (exact) mass is 493 g/mol. The Morgan fingerprint density at radius 2 is 2.03 bits per heavy atom. The van der Waals surface area contributed by atoms with Crippen molar-refractivity contribution in [3.63, 3.8) is 0 Å². The van der Waals surface area contributed by atoms with E-state index in [9.17, 15) is 4.79 Å². The molecule has 0 spiro atoms. The molecule has 1 aliphatic carbocycles. The van der Waals surface area contributed by atoms with Crippen LogP contribution >= 0.6 is 15.9 Å². The summed E-state index contributed by atoms with van der Waals surface area (Å²) in [5.74, 6) is 4.48. The highest BCUT2D eigenvalue weighted by Gasteiger charge is 2.22. The zero-order chi connectivity index (χ0) is 22.5. The molecule has 7 heteroatoms. The average molecular weight is 494 g/mol. The Labute approximate surface area is 195 Å². The molecule has 0 saturated heterocycles. The van der Waals surface area contributed by atoms with E-state index in [1.165, 1.54) is 11.1 Å². The molecule has 6 nitrogen and oxygen atoms in total. The average Bonchev–Trinajstić information content (AvgIpc) is 2.83. The molecule has 3 aromatic rings. The van der Waals surface area contributed by atoms with Gasteiger partial charge in [-0.25, -0.2) is 4.98 Å². The summed E-state index contributed by atoms with van der Waals surface area (Å²) in [4.78, 5) is 18.2. The Morgan fingerprint density at radius 3 is 2.78 bits per heavy atom. The molecule has 164 valence electrons. The fraction of sp³-hybridized carbons (Fsp3) is 0.320. The molecule has 0 amide bonds. The normalized spacial score (nSPS) is 14.5. The van der Waals surface area contributed by atoms with Gasteiger partial charge in [-0.3, -0.25) is 4.79 Å². The lowest BCUT2D eigenvalue weighted by Crippen LogP contribution is -2.25. The predicted octanol–water partition coefficient (Wildman–Crippen LogP) is 5.11. The van der Waals surface area contributed by atoms with Gasteiger partial charge in [0.25, 0.3) is 5.56 Å². The summed E-state index contributed by atoms with van der Waals surface area (Å²) < 4.78 is 13.2. The van der Waals surface area contributed by atoms with Crippen molar-refractivity contribution in [3.8, 4) is 23.8 Å². The first-order valence-electron chi connectivity index (χ1n) is 10.6. The molecule has 1 aliphatic rings. The van der Waals surface area contributed by atoms with E-state index in [0.717, 1.165) is 41.5 Å². The summed E-state index contributed by atoms with van der Waals surface area (Å²) in [6.45, 7) is 0.155. The van der Waals surface area contributed by atoms with E-state index < -0.39 is 0 Å². The first kappa shape index (κ1) is 22.1. The maximum absolute atomic E-state index is 13.4. The molecule has 0 radical (unpaired) electrons. The lowest BCUT2D eigenvalue weighted by Gasteiger charge is -2.22. The van der Waals surface area contributed by atoms with Gasteiger partial charge in [-0.05, 0) is 54.8 Å². The van der Waals surface area contributed by atoms with Gasteiger partial charge in [0.1, 0.15) is 12.4 Å². The number of hydrogen-bond donors (Lipinski definition) is 0. The largest absolute Gasteiger partial charge is 0.493 e. The van der Waals surface area contributed by atoms with Crippen molar-refractivity contribution >= 4 is 33.0 Å². The Balaban J connectivity index is 1.77. The lowest BCUT2D eigenvalue weighted by molar-refractivity contribution is 0.331. The minimum Gasteiger partial charge on any atom is -0.493 e. The van der Waals surface area contributed by atoms with E-state index in [1.807, 2.05) is 18.2 Å². The van der Waals surface area contributed by atoms with E-state index in [1.54, 1.807) is 31.5 Å². The highest BCUT2D eigenvalue weighted by molar-refractivity contribution is 9.10. The minimum absolute atomic E-state index is 0.155. The van der Waals surface area contributed by atoms with Gasteiger partial charge in [-0.15, -0.1) is 6.42 Å². The molecule has 0 N–H and O–H groups in total. The van der Waals surface area contributed by atoms with E-state index >= 15 is 0 Å². The highest BCUT2D eigenvalue weighted by atomic mass is 79.9. The van der Waals surface area contributed by atoms with Crippen LogP contribution in [0, 0.1) is 12.3 Å². The third-order valence-electron chi connectivity index (χ3n) is 5.62. The van der Waals surface area contributed by atoms with E-state index in [-0.39, 0.29) is 18.1 Å². The molecular weight excluding hydrogens is 470 g/mol. The van der Waals surface area contributed by atoms with Crippen molar-refractivity contribution in [1.82, 2.24) is 9.66 Å². The van der Waals surface area contributed by atoms with Crippen molar-refractivity contribution < 1.29 is 9.47 Å². The number of methoxy groups -OCH3 is 1.